The van der Waals surface area contributed by atoms with Gasteiger partial charge in [-0.3, -0.25) is 4.79 Å². The van der Waals surface area contributed by atoms with Gasteiger partial charge in [-0.2, -0.15) is 0 Å². The van der Waals surface area contributed by atoms with Crippen molar-refractivity contribution >= 4 is 5.69 Å². The number of phenolic OH excluding ortho intramolecular Hbond substituents is 1. The first-order valence-electron chi connectivity index (χ1n) is 6.60. The van der Waals surface area contributed by atoms with Gasteiger partial charge in [0, 0.05) is 23.5 Å². The van der Waals surface area contributed by atoms with Gasteiger partial charge in [-0.25, -0.2) is 4.39 Å². The van der Waals surface area contributed by atoms with Crippen LogP contribution in [0.25, 0.3) is 0 Å². The van der Waals surface area contributed by atoms with E-state index in [0.717, 1.165) is 30.5 Å². The Kier molecular flexibility index (Phi) is 3.18. The number of rotatable bonds is 2. The molecule has 0 radical (unpaired) electrons. The van der Waals surface area contributed by atoms with Gasteiger partial charge in [-0.1, -0.05) is 0 Å². The van der Waals surface area contributed by atoms with Crippen molar-refractivity contribution in [1.29, 1.82) is 0 Å². The highest BCUT2D eigenvalue weighted by Gasteiger charge is 2.20. The number of H-pyrrole nitrogens is 1. The zero-order valence-corrected chi connectivity index (χ0v) is 10.8. The van der Waals surface area contributed by atoms with Crippen LogP contribution in [0.1, 0.15) is 30.1 Å². The number of fused-ring (bicyclic) bond motifs is 1. The fraction of sp³-hybridized carbons (Fsp3) is 0.267. The molecule has 2 aromatic rings. The molecule has 1 aromatic heterocycles. The average Bonchev–Trinajstić information content (AvgIpc) is 2.43. The van der Waals surface area contributed by atoms with Crippen LogP contribution in [0.3, 0.4) is 0 Å². The third-order valence-corrected chi connectivity index (χ3v) is 3.62. The molecular formula is C15H15FN2O2. The third-order valence-electron chi connectivity index (χ3n) is 3.62. The van der Waals surface area contributed by atoms with Crippen molar-refractivity contribution in [3.8, 4) is 5.75 Å². The van der Waals surface area contributed by atoms with Crippen molar-refractivity contribution in [1.82, 2.24) is 4.98 Å². The highest BCUT2D eigenvalue weighted by atomic mass is 19.1. The van der Waals surface area contributed by atoms with E-state index in [2.05, 4.69) is 10.3 Å². The molecule has 1 atom stereocenters. The van der Waals surface area contributed by atoms with Gasteiger partial charge in [0.15, 0.2) is 11.6 Å². The van der Waals surface area contributed by atoms with Crippen LogP contribution in [0.15, 0.2) is 35.1 Å². The summed E-state index contributed by atoms with van der Waals surface area (Å²) >= 11 is 0. The van der Waals surface area contributed by atoms with E-state index < -0.39 is 5.82 Å². The molecule has 104 valence electrons. The van der Waals surface area contributed by atoms with E-state index in [1.54, 1.807) is 6.07 Å². The first kappa shape index (κ1) is 12.7. The van der Waals surface area contributed by atoms with Gasteiger partial charge in [0.25, 0.3) is 0 Å². The Bertz CT molecular complexity index is 697. The maximum absolute atomic E-state index is 13.3. The molecule has 5 heteroatoms. The average molecular weight is 274 g/mol. The molecule has 0 saturated carbocycles. The van der Waals surface area contributed by atoms with E-state index in [0.29, 0.717) is 5.69 Å². The van der Waals surface area contributed by atoms with Gasteiger partial charge in [-0.15, -0.1) is 0 Å². The normalized spacial score (nSPS) is 17.6. The molecule has 1 heterocycles. The number of hydrogen-bond acceptors (Lipinski definition) is 3. The number of halogens is 1. The number of aryl methyl sites for hydroxylation is 1. The molecule has 0 bridgehead atoms. The predicted octanol–water partition coefficient (Wildman–Crippen LogP) is 2.71. The Morgan fingerprint density at radius 1 is 1.30 bits per heavy atom. The summed E-state index contributed by atoms with van der Waals surface area (Å²) in [5.74, 6) is -1.00. The Hall–Kier alpha value is -2.30. The summed E-state index contributed by atoms with van der Waals surface area (Å²) in [4.78, 5) is 14.2. The quantitative estimate of drug-likeness (QED) is 0.738. The number of aromatic amines is 1. The summed E-state index contributed by atoms with van der Waals surface area (Å²) in [6, 6.07) is 7.61. The van der Waals surface area contributed by atoms with Gasteiger partial charge < -0.3 is 15.4 Å². The summed E-state index contributed by atoms with van der Waals surface area (Å²) in [7, 11) is 0. The number of hydrogen-bond donors (Lipinski definition) is 3. The molecule has 1 aliphatic carbocycles. The van der Waals surface area contributed by atoms with Gasteiger partial charge in [0.1, 0.15) is 0 Å². The minimum absolute atomic E-state index is 0.0412. The summed E-state index contributed by atoms with van der Waals surface area (Å²) in [5.41, 5.74) is 2.51. The van der Waals surface area contributed by atoms with Crippen LogP contribution in [0.5, 0.6) is 5.75 Å². The highest BCUT2D eigenvalue weighted by molar-refractivity contribution is 5.49. The largest absolute Gasteiger partial charge is 0.505 e. The minimum Gasteiger partial charge on any atom is -0.505 e. The third kappa shape index (κ3) is 2.39. The van der Waals surface area contributed by atoms with Crippen LogP contribution < -0.4 is 10.9 Å². The maximum atomic E-state index is 13.3. The molecule has 0 saturated heterocycles. The molecule has 3 rings (SSSR count). The van der Waals surface area contributed by atoms with Gasteiger partial charge >= 0.3 is 0 Å². The summed E-state index contributed by atoms with van der Waals surface area (Å²) in [6.07, 6.45) is 2.74. The number of benzene rings is 1. The Labute approximate surface area is 115 Å². The molecule has 1 aromatic carbocycles. The fourth-order valence-corrected chi connectivity index (χ4v) is 2.65. The van der Waals surface area contributed by atoms with Crippen LogP contribution in [-0.2, 0) is 6.42 Å². The van der Waals surface area contributed by atoms with Crippen LogP contribution >= 0.6 is 0 Å². The molecule has 1 unspecified atom stereocenters. The molecule has 20 heavy (non-hydrogen) atoms. The zero-order chi connectivity index (χ0) is 14.1. The minimum atomic E-state index is -0.646. The van der Waals surface area contributed by atoms with Crippen molar-refractivity contribution in [2.75, 3.05) is 5.32 Å². The van der Waals surface area contributed by atoms with E-state index in [1.807, 2.05) is 6.07 Å². The lowest BCUT2D eigenvalue weighted by molar-refractivity contribution is 0.432. The molecule has 0 fully saturated rings. The van der Waals surface area contributed by atoms with Crippen molar-refractivity contribution in [2.45, 2.75) is 25.3 Å². The highest BCUT2D eigenvalue weighted by Crippen LogP contribution is 2.31. The second-order valence-corrected chi connectivity index (χ2v) is 5.01. The van der Waals surface area contributed by atoms with Gasteiger partial charge in [-0.05, 0) is 43.0 Å². The molecule has 0 spiro atoms. The van der Waals surface area contributed by atoms with Crippen LogP contribution in [0.4, 0.5) is 10.1 Å². The Balaban J connectivity index is 1.89. The number of nitrogens with one attached hydrogen (secondary N) is 2. The summed E-state index contributed by atoms with van der Waals surface area (Å²) < 4.78 is 13.3. The molecule has 4 nitrogen and oxygen atoms in total. The first-order valence-corrected chi connectivity index (χ1v) is 6.60. The second-order valence-electron chi connectivity index (χ2n) is 5.01. The maximum Gasteiger partial charge on any atom is 0.248 e. The topological polar surface area (TPSA) is 65.1 Å². The SMILES string of the molecule is O=c1ccc2c([nH]1)CCCC2Nc1ccc(O)c(F)c1. The Morgan fingerprint density at radius 3 is 2.95 bits per heavy atom. The van der Waals surface area contributed by atoms with Crippen molar-refractivity contribution < 1.29 is 9.50 Å². The summed E-state index contributed by atoms with van der Waals surface area (Å²) in [5, 5.41) is 12.4. The Morgan fingerprint density at radius 2 is 2.15 bits per heavy atom. The lowest BCUT2D eigenvalue weighted by atomic mass is 9.91. The van der Waals surface area contributed by atoms with E-state index in [4.69, 9.17) is 0 Å². The lowest BCUT2D eigenvalue weighted by Crippen LogP contribution is -2.21. The number of anilines is 1. The predicted molar refractivity (Wildman–Crippen MR) is 74.4 cm³/mol. The molecule has 1 aliphatic rings. The fourth-order valence-electron chi connectivity index (χ4n) is 2.65. The number of aromatic nitrogens is 1. The van der Waals surface area contributed by atoms with E-state index in [9.17, 15) is 14.3 Å². The number of aromatic hydroxyl groups is 1. The summed E-state index contributed by atoms with van der Waals surface area (Å²) in [6.45, 7) is 0. The van der Waals surface area contributed by atoms with E-state index >= 15 is 0 Å². The molecule has 3 N–H and O–H groups in total. The number of phenols is 1. The molecule has 0 aliphatic heterocycles. The van der Waals surface area contributed by atoms with Crippen molar-refractivity contribution in [2.24, 2.45) is 0 Å². The smallest absolute Gasteiger partial charge is 0.248 e. The standard InChI is InChI=1S/C15H15FN2O2/c16-11-8-9(4-6-14(11)19)17-12-2-1-3-13-10(12)5-7-15(20)18-13/h4-8,12,17,19H,1-3H2,(H,18,20). The molecule has 0 amide bonds. The monoisotopic (exact) mass is 274 g/mol. The van der Waals surface area contributed by atoms with Gasteiger partial charge in [0.05, 0.1) is 6.04 Å². The molecular weight excluding hydrogens is 259 g/mol. The van der Waals surface area contributed by atoms with E-state index in [-0.39, 0.29) is 17.4 Å². The van der Waals surface area contributed by atoms with Crippen molar-refractivity contribution in [3.63, 3.8) is 0 Å². The van der Waals surface area contributed by atoms with Crippen LogP contribution in [0, 0.1) is 5.82 Å². The van der Waals surface area contributed by atoms with Crippen LogP contribution in [-0.4, -0.2) is 10.1 Å². The van der Waals surface area contributed by atoms with E-state index in [1.165, 1.54) is 18.2 Å². The van der Waals surface area contributed by atoms with Crippen molar-refractivity contribution in [3.05, 3.63) is 57.8 Å². The number of pyridine rings is 1. The van der Waals surface area contributed by atoms with Crippen LogP contribution in [0.2, 0.25) is 0 Å². The first-order chi connectivity index (χ1) is 9.63. The van der Waals surface area contributed by atoms with Gasteiger partial charge in [0.2, 0.25) is 5.56 Å². The zero-order valence-electron chi connectivity index (χ0n) is 10.8. The second kappa shape index (κ2) is 5.00. The lowest BCUT2D eigenvalue weighted by Gasteiger charge is -2.26.